The molecule has 0 aliphatic heterocycles. The molecule has 0 bridgehead atoms. The van der Waals surface area contributed by atoms with E-state index in [1.54, 1.807) is 31.2 Å². The topological polar surface area (TPSA) is 67.4 Å². The van der Waals surface area contributed by atoms with E-state index in [1.807, 2.05) is 62.4 Å². The van der Waals surface area contributed by atoms with E-state index in [0.717, 1.165) is 22.4 Å². The number of carbonyl (C=O) groups excluding carboxylic acids is 2. The lowest BCUT2D eigenvalue weighted by Gasteiger charge is -2.16. The molecule has 2 N–H and O–H groups in total. The van der Waals surface area contributed by atoms with Crippen molar-refractivity contribution in [1.29, 1.82) is 0 Å². The van der Waals surface area contributed by atoms with Gasteiger partial charge >= 0.3 is 0 Å². The highest BCUT2D eigenvalue weighted by Gasteiger charge is 2.16. The van der Waals surface area contributed by atoms with Gasteiger partial charge in [-0.2, -0.15) is 0 Å². The summed E-state index contributed by atoms with van der Waals surface area (Å²) in [5.74, 6) is 0.137. The summed E-state index contributed by atoms with van der Waals surface area (Å²) in [4.78, 5) is 24.8. The summed E-state index contributed by atoms with van der Waals surface area (Å²) in [6.07, 6.45) is -0.678. The summed E-state index contributed by atoms with van der Waals surface area (Å²) in [5, 5.41) is 5.79. The standard InChI is InChI=1S/C25H26N2O3/c1-17-8-7-11-23(18(17)2)27-24(28)19(3)30-22-14-12-21(13-15-22)25(29)26-16-20-9-5-4-6-10-20/h4-15,19H,16H2,1-3H3,(H,26,29)(H,27,28)/t19-/m1/s1. The van der Waals surface area contributed by atoms with Crippen molar-refractivity contribution in [2.45, 2.75) is 33.4 Å². The lowest BCUT2D eigenvalue weighted by atomic mass is 10.1. The Kier molecular flexibility index (Phi) is 6.86. The minimum Gasteiger partial charge on any atom is -0.481 e. The van der Waals surface area contributed by atoms with Gasteiger partial charge in [0.15, 0.2) is 6.10 Å². The average Bonchev–Trinajstić information content (AvgIpc) is 2.76. The summed E-state index contributed by atoms with van der Waals surface area (Å²) >= 11 is 0. The van der Waals surface area contributed by atoms with Gasteiger partial charge in [0.2, 0.25) is 0 Å². The van der Waals surface area contributed by atoms with Crippen LogP contribution in [0.4, 0.5) is 5.69 Å². The second kappa shape index (κ2) is 9.74. The molecule has 0 unspecified atom stereocenters. The van der Waals surface area contributed by atoms with Gasteiger partial charge in [0.25, 0.3) is 11.8 Å². The highest BCUT2D eigenvalue weighted by molar-refractivity contribution is 5.95. The number of amides is 2. The molecule has 3 rings (SSSR count). The van der Waals surface area contributed by atoms with Crippen molar-refractivity contribution in [3.63, 3.8) is 0 Å². The van der Waals surface area contributed by atoms with Crippen LogP contribution in [0.5, 0.6) is 5.75 Å². The van der Waals surface area contributed by atoms with Crippen LogP contribution in [0, 0.1) is 13.8 Å². The van der Waals surface area contributed by atoms with Crippen molar-refractivity contribution >= 4 is 17.5 Å². The van der Waals surface area contributed by atoms with Crippen LogP contribution in [0.25, 0.3) is 0 Å². The number of anilines is 1. The Morgan fingerprint density at radius 3 is 2.30 bits per heavy atom. The Bertz CT molecular complexity index is 1010. The Hall–Kier alpha value is -3.60. The zero-order valence-corrected chi connectivity index (χ0v) is 17.4. The summed E-state index contributed by atoms with van der Waals surface area (Å²) in [6, 6.07) is 22.3. The molecule has 30 heavy (non-hydrogen) atoms. The molecule has 5 nitrogen and oxygen atoms in total. The van der Waals surface area contributed by atoms with E-state index >= 15 is 0 Å². The second-order valence-electron chi connectivity index (χ2n) is 7.19. The summed E-state index contributed by atoms with van der Waals surface area (Å²) in [5.41, 5.74) is 4.49. The number of carbonyl (C=O) groups is 2. The third-order valence-electron chi connectivity index (χ3n) is 4.96. The number of nitrogens with one attached hydrogen (secondary N) is 2. The monoisotopic (exact) mass is 402 g/mol. The average molecular weight is 402 g/mol. The van der Waals surface area contributed by atoms with Gasteiger partial charge in [-0.3, -0.25) is 9.59 Å². The molecule has 0 spiro atoms. The zero-order valence-electron chi connectivity index (χ0n) is 17.4. The van der Waals surface area contributed by atoms with E-state index in [0.29, 0.717) is 17.9 Å². The highest BCUT2D eigenvalue weighted by Crippen LogP contribution is 2.19. The lowest BCUT2D eigenvalue weighted by Crippen LogP contribution is -2.30. The Morgan fingerprint density at radius 2 is 1.60 bits per heavy atom. The number of ether oxygens (including phenoxy) is 1. The molecular weight excluding hydrogens is 376 g/mol. The first-order chi connectivity index (χ1) is 14.4. The summed E-state index contributed by atoms with van der Waals surface area (Å²) in [7, 11) is 0. The Balaban J connectivity index is 1.54. The number of aryl methyl sites for hydroxylation is 1. The molecule has 0 saturated heterocycles. The molecule has 5 heteroatoms. The van der Waals surface area contributed by atoms with Gasteiger partial charge in [-0.05, 0) is 67.8 Å². The Morgan fingerprint density at radius 1 is 0.900 bits per heavy atom. The molecule has 0 saturated carbocycles. The maximum absolute atomic E-state index is 12.5. The molecule has 154 valence electrons. The first-order valence-electron chi connectivity index (χ1n) is 9.90. The third kappa shape index (κ3) is 5.47. The molecule has 0 aliphatic carbocycles. The van der Waals surface area contributed by atoms with Crippen molar-refractivity contribution in [1.82, 2.24) is 5.32 Å². The number of hydrogen-bond acceptors (Lipinski definition) is 3. The minimum absolute atomic E-state index is 0.161. The predicted octanol–water partition coefficient (Wildman–Crippen LogP) is 4.64. The van der Waals surface area contributed by atoms with E-state index in [2.05, 4.69) is 10.6 Å². The lowest BCUT2D eigenvalue weighted by molar-refractivity contribution is -0.122. The van der Waals surface area contributed by atoms with Crippen molar-refractivity contribution in [3.8, 4) is 5.75 Å². The van der Waals surface area contributed by atoms with Gasteiger partial charge < -0.3 is 15.4 Å². The van der Waals surface area contributed by atoms with Gasteiger partial charge in [0.1, 0.15) is 5.75 Å². The number of hydrogen-bond donors (Lipinski definition) is 2. The molecule has 0 fully saturated rings. The smallest absolute Gasteiger partial charge is 0.265 e. The van der Waals surface area contributed by atoms with Gasteiger partial charge in [-0.15, -0.1) is 0 Å². The molecular formula is C25H26N2O3. The highest BCUT2D eigenvalue weighted by atomic mass is 16.5. The quantitative estimate of drug-likeness (QED) is 0.605. The van der Waals surface area contributed by atoms with Crippen molar-refractivity contribution in [3.05, 3.63) is 95.1 Å². The fourth-order valence-electron chi connectivity index (χ4n) is 2.94. The summed E-state index contributed by atoms with van der Waals surface area (Å²) < 4.78 is 5.74. The van der Waals surface area contributed by atoms with Gasteiger partial charge in [0.05, 0.1) is 0 Å². The normalized spacial score (nSPS) is 11.4. The predicted molar refractivity (Wildman–Crippen MR) is 119 cm³/mol. The van der Waals surface area contributed by atoms with Crippen LogP contribution >= 0.6 is 0 Å². The van der Waals surface area contributed by atoms with Crippen LogP contribution in [0.15, 0.2) is 72.8 Å². The molecule has 3 aromatic carbocycles. The molecule has 0 aromatic heterocycles. The van der Waals surface area contributed by atoms with E-state index in [4.69, 9.17) is 4.74 Å². The van der Waals surface area contributed by atoms with Gasteiger partial charge in [0, 0.05) is 17.8 Å². The van der Waals surface area contributed by atoms with E-state index in [-0.39, 0.29) is 11.8 Å². The van der Waals surface area contributed by atoms with Crippen molar-refractivity contribution in [2.75, 3.05) is 5.32 Å². The van der Waals surface area contributed by atoms with E-state index < -0.39 is 6.10 Å². The molecule has 3 aromatic rings. The molecule has 1 atom stereocenters. The van der Waals surface area contributed by atoms with Gasteiger partial charge in [-0.25, -0.2) is 0 Å². The molecule has 0 aliphatic rings. The SMILES string of the molecule is Cc1cccc(NC(=O)[C@@H](C)Oc2ccc(C(=O)NCc3ccccc3)cc2)c1C. The molecule has 0 radical (unpaired) electrons. The molecule has 2 amide bonds. The zero-order chi connectivity index (χ0) is 21.5. The summed E-state index contributed by atoms with van der Waals surface area (Å²) in [6.45, 7) is 6.13. The fourth-order valence-corrected chi connectivity index (χ4v) is 2.94. The van der Waals surface area contributed by atoms with Crippen molar-refractivity contribution in [2.24, 2.45) is 0 Å². The fraction of sp³-hybridized carbons (Fsp3) is 0.200. The maximum Gasteiger partial charge on any atom is 0.265 e. The largest absolute Gasteiger partial charge is 0.481 e. The second-order valence-corrected chi connectivity index (χ2v) is 7.19. The molecule has 0 heterocycles. The first-order valence-corrected chi connectivity index (χ1v) is 9.90. The van der Waals surface area contributed by atoms with Crippen LogP contribution in [-0.2, 0) is 11.3 Å². The van der Waals surface area contributed by atoms with Crippen LogP contribution in [0.3, 0.4) is 0 Å². The van der Waals surface area contributed by atoms with E-state index in [9.17, 15) is 9.59 Å². The Labute approximate surface area is 177 Å². The number of rotatable bonds is 7. The van der Waals surface area contributed by atoms with Gasteiger partial charge in [-0.1, -0.05) is 42.5 Å². The first kappa shape index (κ1) is 21.1. The van der Waals surface area contributed by atoms with Crippen LogP contribution in [0.1, 0.15) is 34.0 Å². The van der Waals surface area contributed by atoms with E-state index in [1.165, 1.54) is 0 Å². The van der Waals surface area contributed by atoms with Crippen LogP contribution < -0.4 is 15.4 Å². The third-order valence-corrected chi connectivity index (χ3v) is 4.96. The number of benzene rings is 3. The van der Waals surface area contributed by atoms with Crippen LogP contribution in [-0.4, -0.2) is 17.9 Å². The minimum atomic E-state index is -0.678. The maximum atomic E-state index is 12.5. The van der Waals surface area contributed by atoms with Crippen molar-refractivity contribution < 1.29 is 14.3 Å². The van der Waals surface area contributed by atoms with Crippen LogP contribution in [0.2, 0.25) is 0 Å².